The summed E-state index contributed by atoms with van der Waals surface area (Å²) in [6.07, 6.45) is 8.83. The highest BCUT2D eigenvalue weighted by Crippen LogP contribution is 2.38. The molecule has 1 aromatic rings. The summed E-state index contributed by atoms with van der Waals surface area (Å²) >= 11 is 0. The first-order chi connectivity index (χ1) is 11.6. The lowest BCUT2D eigenvalue weighted by Gasteiger charge is -2.43. The summed E-state index contributed by atoms with van der Waals surface area (Å²) in [5, 5.41) is 18.2. The molecule has 0 bridgehead atoms. The van der Waals surface area contributed by atoms with Gasteiger partial charge in [-0.2, -0.15) is 0 Å². The van der Waals surface area contributed by atoms with Crippen molar-refractivity contribution in [3.8, 4) is 0 Å². The second-order valence-corrected chi connectivity index (χ2v) is 6.99. The molecule has 0 aromatic heterocycles. The minimum Gasteiger partial charge on any atom is -0.481 e. The van der Waals surface area contributed by atoms with E-state index in [0.717, 1.165) is 12.5 Å². The number of carboxylic acids is 1. The molecular weight excluding hydrogens is 338 g/mol. The largest absolute Gasteiger partial charge is 0.481 e. The van der Waals surface area contributed by atoms with Gasteiger partial charge in [-0.3, -0.25) is 4.79 Å². The van der Waals surface area contributed by atoms with Gasteiger partial charge in [0.05, 0.1) is 6.10 Å². The number of piperidine rings is 1. The maximum Gasteiger partial charge on any atom is 0.300 e. The molecule has 1 aliphatic heterocycles. The first kappa shape index (κ1) is 21.9. The van der Waals surface area contributed by atoms with Gasteiger partial charge >= 0.3 is 0 Å². The highest BCUT2D eigenvalue weighted by Gasteiger charge is 2.35. The van der Waals surface area contributed by atoms with Crippen LogP contribution in [-0.2, 0) is 4.79 Å². The highest BCUT2D eigenvalue weighted by atomic mass is 35.5. The number of likely N-dealkylation sites (tertiary alicyclic amines) is 1. The number of benzene rings is 1. The van der Waals surface area contributed by atoms with E-state index < -0.39 is 5.97 Å². The zero-order chi connectivity index (χ0) is 17.4. The van der Waals surface area contributed by atoms with E-state index in [1.807, 2.05) is 18.2 Å². The molecule has 2 fully saturated rings. The number of nitrogens with zero attached hydrogens (tertiary/aromatic N) is 1. The molecule has 0 amide bonds. The smallest absolute Gasteiger partial charge is 0.300 e. The van der Waals surface area contributed by atoms with Crippen molar-refractivity contribution >= 4 is 18.4 Å². The molecule has 1 aromatic carbocycles. The molecular formula is C20H32ClNO3. The van der Waals surface area contributed by atoms with Crippen molar-refractivity contribution in [1.29, 1.82) is 0 Å². The number of aliphatic carboxylic acids is 1. The topological polar surface area (TPSA) is 60.8 Å². The Morgan fingerprint density at radius 1 is 1.04 bits per heavy atom. The predicted molar refractivity (Wildman–Crippen MR) is 103 cm³/mol. The van der Waals surface area contributed by atoms with Crippen LogP contribution in [0.2, 0.25) is 0 Å². The van der Waals surface area contributed by atoms with E-state index in [1.165, 1.54) is 58.0 Å². The summed E-state index contributed by atoms with van der Waals surface area (Å²) in [4.78, 5) is 11.7. The van der Waals surface area contributed by atoms with Crippen LogP contribution in [0.4, 0.5) is 0 Å². The number of rotatable bonds is 3. The van der Waals surface area contributed by atoms with Gasteiger partial charge in [0, 0.05) is 18.9 Å². The molecule has 1 saturated heterocycles. The van der Waals surface area contributed by atoms with Gasteiger partial charge in [0.25, 0.3) is 5.97 Å². The standard InChI is InChI=1S/C18H27NO.C2H4O2.ClH/c20-18(15-9-3-1-4-10-15)16-11-5-6-12-17(16)19-13-7-2-8-14-19;1-2(3)4;/h1,3-4,9-10,16-18,20H,2,5-8,11-14H2;1H3,(H,3,4);1H. The maximum absolute atomic E-state index is 10.8. The van der Waals surface area contributed by atoms with Crippen molar-refractivity contribution in [3.05, 3.63) is 35.9 Å². The lowest BCUT2D eigenvalue weighted by molar-refractivity contribution is -0.134. The molecule has 0 spiro atoms. The number of carboxylic acid groups (broad SMARTS) is 1. The second-order valence-electron chi connectivity index (χ2n) is 6.99. The van der Waals surface area contributed by atoms with E-state index in [0.29, 0.717) is 12.0 Å². The molecule has 3 unspecified atom stereocenters. The minimum absolute atomic E-state index is 0. The number of carbonyl (C=O) groups is 1. The third-order valence-corrected chi connectivity index (χ3v) is 5.19. The maximum atomic E-state index is 10.8. The average Bonchev–Trinajstić information content (AvgIpc) is 2.62. The fourth-order valence-electron chi connectivity index (χ4n) is 4.11. The molecule has 4 nitrogen and oxygen atoms in total. The highest BCUT2D eigenvalue weighted by molar-refractivity contribution is 5.85. The fourth-order valence-corrected chi connectivity index (χ4v) is 4.11. The Morgan fingerprint density at radius 2 is 1.60 bits per heavy atom. The summed E-state index contributed by atoms with van der Waals surface area (Å²) in [6.45, 7) is 3.56. The van der Waals surface area contributed by atoms with Gasteiger partial charge in [-0.15, -0.1) is 12.4 Å². The molecule has 3 atom stereocenters. The quantitative estimate of drug-likeness (QED) is 0.834. The fraction of sp³-hybridized carbons (Fsp3) is 0.650. The lowest BCUT2D eigenvalue weighted by atomic mass is 9.77. The summed E-state index contributed by atoms with van der Waals surface area (Å²) in [6, 6.07) is 10.9. The van der Waals surface area contributed by atoms with Crippen molar-refractivity contribution in [1.82, 2.24) is 4.90 Å². The van der Waals surface area contributed by atoms with Gasteiger partial charge in [0.2, 0.25) is 0 Å². The van der Waals surface area contributed by atoms with Crippen LogP contribution >= 0.6 is 12.4 Å². The zero-order valence-electron chi connectivity index (χ0n) is 15.1. The van der Waals surface area contributed by atoms with Gasteiger partial charge in [-0.25, -0.2) is 0 Å². The molecule has 0 radical (unpaired) electrons. The van der Waals surface area contributed by atoms with Crippen molar-refractivity contribution in [3.63, 3.8) is 0 Å². The molecule has 1 saturated carbocycles. The van der Waals surface area contributed by atoms with Crippen LogP contribution in [0.3, 0.4) is 0 Å². The molecule has 2 aliphatic rings. The molecule has 3 rings (SSSR count). The van der Waals surface area contributed by atoms with Crippen LogP contribution in [0.5, 0.6) is 0 Å². The number of halogens is 1. The average molecular weight is 370 g/mol. The van der Waals surface area contributed by atoms with Crippen LogP contribution in [-0.4, -0.2) is 40.2 Å². The second kappa shape index (κ2) is 11.5. The molecule has 1 aliphatic carbocycles. The summed E-state index contributed by atoms with van der Waals surface area (Å²) in [5.41, 5.74) is 1.10. The predicted octanol–water partition coefficient (Wildman–Crippen LogP) is 4.28. The summed E-state index contributed by atoms with van der Waals surface area (Å²) in [5.74, 6) is -0.413. The Balaban J connectivity index is 0.000000568. The first-order valence-corrected chi connectivity index (χ1v) is 9.26. The van der Waals surface area contributed by atoms with Crippen LogP contribution in [0.25, 0.3) is 0 Å². The van der Waals surface area contributed by atoms with E-state index in [4.69, 9.17) is 9.90 Å². The molecule has 5 heteroatoms. The molecule has 25 heavy (non-hydrogen) atoms. The number of aliphatic hydroxyl groups is 1. The molecule has 2 N–H and O–H groups in total. The Hall–Kier alpha value is -1.10. The van der Waals surface area contributed by atoms with Crippen molar-refractivity contribution < 1.29 is 15.0 Å². The van der Waals surface area contributed by atoms with Crippen molar-refractivity contribution in [2.24, 2.45) is 5.92 Å². The van der Waals surface area contributed by atoms with Gasteiger partial charge in [-0.1, -0.05) is 49.6 Å². The van der Waals surface area contributed by atoms with Gasteiger partial charge in [-0.05, 0) is 44.3 Å². The van der Waals surface area contributed by atoms with Crippen molar-refractivity contribution in [2.45, 2.75) is 64.0 Å². The zero-order valence-corrected chi connectivity index (χ0v) is 16.0. The molecule has 142 valence electrons. The van der Waals surface area contributed by atoms with Crippen LogP contribution < -0.4 is 0 Å². The van der Waals surface area contributed by atoms with E-state index >= 15 is 0 Å². The van der Waals surface area contributed by atoms with E-state index in [-0.39, 0.29) is 18.5 Å². The van der Waals surface area contributed by atoms with Crippen LogP contribution in [0.15, 0.2) is 30.3 Å². The Bertz CT molecular complexity index is 487. The van der Waals surface area contributed by atoms with Crippen molar-refractivity contribution in [2.75, 3.05) is 13.1 Å². The Labute approximate surface area is 157 Å². The molecule has 1 heterocycles. The Kier molecular flexibility index (Phi) is 10.1. The lowest BCUT2D eigenvalue weighted by Crippen LogP contribution is -2.46. The monoisotopic (exact) mass is 369 g/mol. The SMILES string of the molecule is CC(=O)O.Cl.OC(c1ccccc1)C1CCCCC1N1CCCCC1. The third kappa shape index (κ3) is 6.96. The van der Waals surface area contributed by atoms with Gasteiger partial charge < -0.3 is 15.1 Å². The minimum atomic E-state index is -0.833. The van der Waals surface area contributed by atoms with Crippen LogP contribution in [0.1, 0.15) is 63.5 Å². The van der Waals surface area contributed by atoms with Crippen LogP contribution in [0, 0.1) is 5.92 Å². The third-order valence-electron chi connectivity index (χ3n) is 5.19. The normalized spacial score (nSPS) is 25.0. The van der Waals surface area contributed by atoms with E-state index in [9.17, 15) is 5.11 Å². The number of hydrogen-bond acceptors (Lipinski definition) is 3. The van der Waals surface area contributed by atoms with E-state index in [1.54, 1.807) is 0 Å². The summed E-state index contributed by atoms with van der Waals surface area (Å²) < 4.78 is 0. The Morgan fingerprint density at radius 3 is 2.20 bits per heavy atom. The number of hydrogen-bond donors (Lipinski definition) is 2. The summed E-state index contributed by atoms with van der Waals surface area (Å²) in [7, 11) is 0. The first-order valence-electron chi connectivity index (χ1n) is 9.26. The van der Waals surface area contributed by atoms with E-state index in [2.05, 4.69) is 17.0 Å². The van der Waals surface area contributed by atoms with Gasteiger partial charge in [0.15, 0.2) is 0 Å². The number of aliphatic hydroxyl groups excluding tert-OH is 1. The van der Waals surface area contributed by atoms with Gasteiger partial charge in [0.1, 0.15) is 0 Å².